The summed E-state index contributed by atoms with van der Waals surface area (Å²) < 4.78 is 1.27. The molecule has 0 aliphatic carbocycles. The summed E-state index contributed by atoms with van der Waals surface area (Å²) in [5.41, 5.74) is 1.88. The molecule has 0 unspecified atom stereocenters. The Hall–Kier alpha value is -1.81. The highest BCUT2D eigenvalue weighted by molar-refractivity contribution is 6.33. The van der Waals surface area contributed by atoms with Crippen LogP contribution >= 0.6 is 11.6 Å². The van der Waals surface area contributed by atoms with Crippen molar-refractivity contribution in [1.82, 2.24) is 9.78 Å². The van der Waals surface area contributed by atoms with Gasteiger partial charge in [-0.3, -0.25) is 4.79 Å². The minimum Gasteiger partial charge on any atom is -0.369 e. The predicted molar refractivity (Wildman–Crippen MR) is 85.0 cm³/mol. The predicted octanol–water partition coefficient (Wildman–Crippen LogP) is 2.50. The van der Waals surface area contributed by atoms with Crippen LogP contribution in [-0.4, -0.2) is 22.9 Å². The Bertz CT molecular complexity index is 684. The van der Waals surface area contributed by atoms with Gasteiger partial charge in [-0.25, -0.2) is 4.68 Å². The highest BCUT2D eigenvalue weighted by Gasteiger charge is 2.25. The standard InChI is InChI=1S/C16H18ClN3O/c1-19-16(21)15(17)14(10-18-19)20-8-7-13(11-20)9-12-5-3-2-4-6-12/h2-6,10,13H,7-9,11H2,1H3/t13-/m1/s1. The first-order valence-corrected chi connectivity index (χ1v) is 7.53. The molecule has 110 valence electrons. The quantitative estimate of drug-likeness (QED) is 0.874. The molecule has 1 fully saturated rings. The molecular weight excluding hydrogens is 286 g/mol. The molecular formula is C16H18ClN3O. The van der Waals surface area contributed by atoms with Crippen molar-refractivity contribution in [3.63, 3.8) is 0 Å². The van der Waals surface area contributed by atoms with Crippen molar-refractivity contribution in [2.75, 3.05) is 18.0 Å². The summed E-state index contributed by atoms with van der Waals surface area (Å²) >= 11 is 6.17. The van der Waals surface area contributed by atoms with Gasteiger partial charge in [0.15, 0.2) is 0 Å². The minimum atomic E-state index is -0.235. The van der Waals surface area contributed by atoms with E-state index in [-0.39, 0.29) is 10.6 Å². The maximum atomic E-state index is 11.9. The highest BCUT2D eigenvalue weighted by Crippen LogP contribution is 2.28. The smallest absolute Gasteiger partial charge is 0.287 e. The van der Waals surface area contributed by atoms with E-state index in [1.54, 1.807) is 13.2 Å². The maximum absolute atomic E-state index is 11.9. The van der Waals surface area contributed by atoms with Gasteiger partial charge in [-0.2, -0.15) is 5.10 Å². The first kappa shape index (κ1) is 14.1. The number of aromatic nitrogens is 2. The van der Waals surface area contributed by atoms with Gasteiger partial charge in [0.2, 0.25) is 0 Å². The summed E-state index contributed by atoms with van der Waals surface area (Å²) in [5.74, 6) is 0.590. The number of benzene rings is 1. The molecule has 1 aromatic heterocycles. The molecule has 0 radical (unpaired) electrons. The summed E-state index contributed by atoms with van der Waals surface area (Å²) in [6, 6.07) is 10.5. The topological polar surface area (TPSA) is 38.1 Å². The van der Waals surface area contributed by atoms with Crippen LogP contribution in [0.3, 0.4) is 0 Å². The fourth-order valence-electron chi connectivity index (χ4n) is 2.89. The molecule has 1 aliphatic rings. The summed E-state index contributed by atoms with van der Waals surface area (Å²) in [4.78, 5) is 14.0. The average molecular weight is 304 g/mol. The molecule has 3 rings (SSSR count). The number of rotatable bonds is 3. The van der Waals surface area contributed by atoms with Crippen LogP contribution in [0.4, 0.5) is 5.69 Å². The lowest BCUT2D eigenvalue weighted by molar-refractivity contribution is 0.586. The first-order valence-electron chi connectivity index (χ1n) is 7.16. The van der Waals surface area contributed by atoms with E-state index in [1.807, 2.05) is 6.07 Å². The molecule has 0 bridgehead atoms. The van der Waals surface area contributed by atoms with E-state index in [4.69, 9.17) is 11.6 Å². The van der Waals surface area contributed by atoms with E-state index in [9.17, 15) is 4.79 Å². The minimum absolute atomic E-state index is 0.235. The largest absolute Gasteiger partial charge is 0.369 e. The highest BCUT2D eigenvalue weighted by atomic mass is 35.5. The Balaban J connectivity index is 1.73. The maximum Gasteiger partial charge on any atom is 0.287 e. The summed E-state index contributed by atoms with van der Waals surface area (Å²) in [6.45, 7) is 1.84. The summed E-state index contributed by atoms with van der Waals surface area (Å²) in [6.07, 6.45) is 3.86. The molecule has 0 spiro atoms. The average Bonchev–Trinajstić information content (AvgIpc) is 2.94. The van der Waals surface area contributed by atoms with Crippen molar-refractivity contribution in [3.8, 4) is 0 Å². The molecule has 1 atom stereocenters. The Morgan fingerprint density at radius 2 is 2.10 bits per heavy atom. The van der Waals surface area contributed by atoms with Crippen molar-refractivity contribution < 1.29 is 0 Å². The Morgan fingerprint density at radius 3 is 2.86 bits per heavy atom. The second-order valence-corrected chi connectivity index (χ2v) is 5.94. The van der Waals surface area contributed by atoms with E-state index in [0.717, 1.165) is 31.6 Å². The van der Waals surface area contributed by atoms with Crippen LogP contribution in [0.5, 0.6) is 0 Å². The molecule has 5 heteroatoms. The third-order valence-corrected chi connectivity index (χ3v) is 4.41. The normalized spacial score (nSPS) is 18.2. The van der Waals surface area contributed by atoms with Gasteiger partial charge < -0.3 is 4.90 Å². The van der Waals surface area contributed by atoms with Gasteiger partial charge >= 0.3 is 0 Å². The van der Waals surface area contributed by atoms with E-state index in [2.05, 4.69) is 34.3 Å². The van der Waals surface area contributed by atoms with Crippen LogP contribution < -0.4 is 10.5 Å². The van der Waals surface area contributed by atoms with Crippen molar-refractivity contribution in [1.29, 1.82) is 0 Å². The Labute approximate surface area is 129 Å². The third-order valence-electron chi connectivity index (χ3n) is 4.05. The van der Waals surface area contributed by atoms with Crippen molar-refractivity contribution in [3.05, 3.63) is 57.5 Å². The van der Waals surface area contributed by atoms with Gasteiger partial charge in [-0.05, 0) is 24.3 Å². The zero-order valence-electron chi connectivity index (χ0n) is 12.0. The summed E-state index contributed by atoms with van der Waals surface area (Å²) in [5, 5.41) is 4.34. The van der Waals surface area contributed by atoms with Crippen molar-refractivity contribution in [2.24, 2.45) is 13.0 Å². The Kier molecular flexibility index (Phi) is 3.97. The molecule has 1 aromatic carbocycles. The number of anilines is 1. The molecule has 2 heterocycles. The lowest BCUT2D eigenvalue weighted by Crippen LogP contribution is -2.26. The fourth-order valence-corrected chi connectivity index (χ4v) is 3.18. The van der Waals surface area contributed by atoms with Crippen molar-refractivity contribution in [2.45, 2.75) is 12.8 Å². The van der Waals surface area contributed by atoms with Crippen LogP contribution in [0.15, 0.2) is 41.3 Å². The number of aryl methyl sites for hydroxylation is 1. The van der Waals surface area contributed by atoms with E-state index in [1.165, 1.54) is 10.2 Å². The van der Waals surface area contributed by atoms with Crippen LogP contribution in [0.25, 0.3) is 0 Å². The molecule has 1 saturated heterocycles. The molecule has 21 heavy (non-hydrogen) atoms. The lowest BCUT2D eigenvalue weighted by atomic mass is 9.99. The van der Waals surface area contributed by atoms with Gasteiger partial charge in [-0.1, -0.05) is 41.9 Å². The molecule has 2 aromatic rings. The summed E-state index contributed by atoms with van der Waals surface area (Å²) in [7, 11) is 1.61. The monoisotopic (exact) mass is 303 g/mol. The van der Waals surface area contributed by atoms with E-state index in [0.29, 0.717) is 5.92 Å². The lowest BCUT2D eigenvalue weighted by Gasteiger charge is -2.19. The molecule has 4 nitrogen and oxygen atoms in total. The fraction of sp³-hybridized carbons (Fsp3) is 0.375. The molecule has 0 N–H and O–H groups in total. The Morgan fingerprint density at radius 1 is 1.33 bits per heavy atom. The van der Waals surface area contributed by atoms with E-state index < -0.39 is 0 Å². The number of halogens is 1. The van der Waals surface area contributed by atoms with Gasteiger partial charge in [-0.15, -0.1) is 0 Å². The van der Waals surface area contributed by atoms with Crippen LogP contribution in [0, 0.1) is 5.92 Å². The van der Waals surface area contributed by atoms with Gasteiger partial charge in [0.1, 0.15) is 5.02 Å². The van der Waals surface area contributed by atoms with E-state index >= 15 is 0 Å². The van der Waals surface area contributed by atoms with Crippen LogP contribution in [0.1, 0.15) is 12.0 Å². The molecule has 1 aliphatic heterocycles. The number of hydrogen-bond donors (Lipinski definition) is 0. The first-order chi connectivity index (χ1) is 10.1. The zero-order valence-corrected chi connectivity index (χ0v) is 12.8. The van der Waals surface area contributed by atoms with Crippen LogP contribution in [-0.2, 0) is 13.5 Å². The number of hydrogen-bond acceptors (Lipinski definition) is 3. The molecule has 0 saturated carbocycles. The third kappa shape index (κ3) is 2.95. The second kappa shape index (κ2) is 5.90. The van der Waals surface area contributed by atoms with Gasteiger partial charge in [0.05, 0.1) is 11.9 Å². The van der Waals surface area contributed by atoms with Crippen LogP contribution in [0.2, 0.25) is 5.02 Å². The number of nitrogens with zero attached hydrogens (tertiary/aromatic N) is 3. The van der Waals surface area contributed by atoms with Gasteiger partial charge in [0.25, 0.3) is 5.56 Å². The van der Waals surface area contributed by atoms with Gasteiger partial charge in [0, 0.05) is 20.1 Å². The second-order valence-electron chi connectivity index (χ2n) is 5.56. The zero-order chi connectivity index (χ0) is 14.8. The SMILES string of the molecule is Cn1ncc(N2CC[C@H](Cc3ccccc3)C2)c(Cl)c1=O. The molecule has 0 amide bonds. The van der Waals surface area contributed by atoms with Crippen molar-refractivity contribution >= 4 is 17.3 Å².